The van der Waals surface area contributed by atoms with Crippen molar-refractivity contribution in [2.75, 3.05) is 26.2 Å². The first-order valence-corrected chi connectivity index (χ1v) is 8.62. The molecule has 1 aliphatic heterocycles. The van der Waals surface area contributed by atoms with Crippen LogP contribution in [-0.4, -0.2) is 51.9 Å². The Morgan fingerprint density at radius 2 is 1.96 bits per heavy atom. The van der Waals surface area contributed by atoms with Crippen molar-refractivity contribution in [3.63, 3.8) is 0 Å². The summed E-state index contributed by atoms with van der Waals surface area (Å²) in [5.74, 6) is 2.52. The molecule has 6 nitrogen and oxygen atoms in total. The van der Waals surface area contributed by atoms with Gasteiger partial charge in [0.2, 0.25) is 0 Å². The number of piperazine rings is 1. The van der Waals surface area contributed by atoms with Crippen LogP contribution in [0.5, 0.6) is 0 Å². The number of carbonyl (C=O) groups excluding carboxylic acids is 1. The quantitative estimate of drug-likeness (QED) is 0.797. The number of carbonyl (C=O) groups is 1. The Bertz CT molecular complexity index is 870. The molecule has 1 fully saturated rings. The minimum atomic E-state index is 0.0673. The van der Waals surface area contributed by atoms with E-state index in [2.05, 4.69) is 14.9 Å². The van der Waals surface area contributed by atoms with Gasteiger partial charge in [-0.05, 0) is 32.0 Å². The molecule has 0 spiro atoms. The largest absolute Gasteiger partial charge is 0.466 e. The number of aromatic amines is 1. The lowest BCUT2D eigenvalue weighted by Crippen LogP contribution is -2.48. The molecule has 0 atom stereocenters. The minimum absolute atomic E-state index is 0.0673. The number of furan rings is 1. The van der Waals surface area contributed by atoms with Gasteiger partial charge < -0.3 is 14.3 Å². The van der Waals surface area contributed by atoms with Crippen molar-refractivity contribution in [2.24, 2.45) is 0 Å². The predicted molar refractivity (Wildman–Crippen MR) is 95.5 cm³/mol. The maximum atomic E-state index is 12.6. The molecular weight excluding hydrogens is 316 g/mol. The molecule has 0 aliphatic carbocycles. The molecule has 25 heavy (non-hydrogen) atoms. The molecule has 0 bridgehead atoms. The van der Waals surface area contributed by atoms with Gasteiger partial charge in [0.25, 0.3) is 5.91 Å². The van der Waals surface area contributed by atoms with E-state index < -0.39 is 0 Å². The van der Waals surface area contributed by atoms with E-state index in [1.165, 1.54) is 0 Å². The van der Waals surface area contributed by atoms with Crippen molar-refractivity contribution in [2.45, 2.75) is 20.4 Å². The Morgan fingerprint density at radius 3 is 2.64 bits per heavy atom. The van der Waals surface area contributed by atoms with Gasteiger partial charge in [-0.1, -0.05) is 12.1 Å². The fourth-order valence-corrected chi connectivity index (χ4v) is 3.41. The van der Waals surface area contributed by atoms with Crippen LogP contribution in [0.2, 0.25) is 0 Å². The fourth-order valence-electron chi connectivity index (χ4n) is 3.41. The van der Waals surface area contributed by atoms with Crippen LogP contribution in [0.25, 0.3) is 11.0 Å². The van der Waals surface area contributed by atoms with Crippen molar-refractivity contribution in [1.29, 1.82) is 0 Å². The standard InChI is InChI=1S/C19H22N4O2/c1-13-11-15(14(2)25-13)19(24)23-9-7-22(8-10-23)12-18-20-16-5-3-4-6-17(16)21-18/h3-6,11H,7-10,12H2,1-2H3,(H,20,21). The molecule has 1 N–H and O–H groups in total. The van der Waals surface area contributed by atoms with Gasteiger partial charge in [-0.15, -0.1) is 0 Å². The Hall–Kier alpha value is -2.60. The number of imidazole rings is 1. The summed E-state index contributed by atoms with van der Waals surface area (Å²) in [6.07, 6.45) is 0. The lowest BCUT2D eigenvalue weighted by atomic mass is 10.2. The summed E-state index contributed by atoms with van der Waals surface area (Å²) in [5.41, 5.74) is 2.75. The van der Waals surface area contributed by atoms with Gasteiger partial charge in [0, 0.05) is 26.2 Å². The summed E-state index contributed by atoms with van der Waals surface area (Å²) in [4.78, 5) is 24.9. The first-order valence-electron chi connectivity index (χ1n) is 8.62. The van der Waals surface area contributed by atoms with E-state index in [1.54, 1.807) is 0 Å². The fraction of sp³-hybridized carbons (Fsp3) is 0.368. The monoisotopic (exact) mass is 338 g/mol. The maximum absolute atomic E-state index is 12.6. The average molecular weight is 338 g/mol. The van der Waals surface area contributed by atoms with E-state index in [1.807, 2.05) is 49.1 Å². The third-order valence-corrected chi connectivity index (χ3v) is 4.74. The van der Waals surface area contributed by atoms with Crippen LogP contribution >= 0.6 is 0 Å². The van der Waals surface area contributed by atoms with Gasteiger partial charge in [-0.25, -0.2) is 4.98 Å². The number of aryl methyl sites for hydroxylation is 2. The Morgan fingerprint density at radius 1 is 1.20 bits per heavy atom. The van der Waals surface area contributed by atoms with Gasteiger partial charge >= 0.3 is 0 Å². The van der Waals surface area contributed by atoms with Gasteiger partial charge in [0.05, 0.1) is 23.1 Å². The molecule has 0 saturated carbocycles. The molecule has 130 valence electrons. The number of nitrogens with zero attached hydrogens (tertiary/aromatic N) is 3. The van der Waals surface area contributed by atoms with E-state index in [9.17, 15) is 4.79 Å². The molecule has 1 aromatic carbocycles. The second-order valence-electron chi connectivity index (χ2n) is 6.60. The zero-order valence-corrected chi connectivity index (χ0v) is 14.6. The molecule has 0 radical (unpaired) electrons. The summed E-state index contributed by atoms with van der Waals surface area (Å²) in [5, 5.41) is 0. The molecule has 0 unspecified atom stereocenters. The summed E-state index contributed by atoms with van der Waals surface area (Å²) >= 11 is 0. The first-order chi connectivity index (χ1) is 12.1. The van der Waals surface area contributed by atoms with Crippen LogP contribution in [0.3, 0.4) is 0 Å². The van der Waals surface area contributed by atoms with E-state index in [4.69, 9.17) is 4.42 Å². The van der Waals surface area contributed by atoms with Crippen molar-refractivity contribution < 1.29 is 9.21 Å². The number of aromatic nitrogens is 2. The number of para-hydroxylation sites is 2. The second kappa shape index (κ2) is 6.37. The third-order valence-electron chi connectivity index (χ3n) is 4.74. The topological polar surface area (TPSA) is 65.4 Å². The maximum Gasteiger partial charge on any atom is 0.257 e. The molecule has 3 aromatic rings. The van der Waals surface area contributed by atoms with Gasteiger partial charge in [0.1, 0.15) is 17.3 Å². The summed E-state index contributed by atoms with van der Waals surface area (Å²) in [6, 6.07) is 9.89. The average Bonchev–Trinajstić information content (AvgIpc) is 3.16. The summed E-state index contributed by atoms with van der Waals surface area (Å²) in [7, 11) is 0. The lowest BCUT2D eigenvalue weighted by molar-refractivity contribution is 0.0624. The highest BCUT2D eigenvalue weighted by Gasteiger charge is 2.25. The highest BCUT2D eigenvalue weighted by Crippen LogP contribution is 2.18. The Labute approximate surface area is 146 Å². The molecule has 2 aromatic heterocycles. The zero-order valence-electron chi connectivity index (χ0n) is 14.6. The van der Waals surface area contributed by atoms with Crippen LogP contribution < -0.4 is 0 Å². The van der Waals surface area contributed by atoms with Crippen LogP contribution in [0.15, 0.2) is 34.7 Å². The van der Waals surface area contributed by atoms with Crippen LogP contribution in [-0.2, 0) is 6.54 Å². The second-order valence-corrected chi connectivity index (χ2v) is 6.60. The number of amides is 1. The number of fused-ring (bicyclic) bond motifs is 1. The molecule has 1 saturated heterocycles. The molecule has 4 rings (SSSR count). The molecule has 6 heteroatoms. The number of benzene rings is 1. The normalized spacial score (nSPS) is 15.8. The highest BCUT2D eigenvalue weighted by atomic mass is 16.3. The summed E-state index contributed by atoms with van der Waals surface area (Å²) in [6.45, 7) is 7.64. The van der Waals surface area contributed by atoms with Crippen LogP contribution in [0.4, 0.5) is 0 Å². The smallest absolute Gasteiger partial charge is 0.257 e. The van der Waals surface area contributed by atoms with Crippen molar-refractivity contribution in [3.05, 3.63) is 53.2 Å². The molecule has 3 heterocycles. The van der Waals surface area contributed by atoms with Crippen LogP contribution in [0.1, 0.15) is 27.7 Å². The van der Waals surface area contributed by atoms with Crippen molar-refractivity contribution in [1.82, 2.24) is 19.8 Å². The van der Waals surface area contributed by atoms with Gasteiger partial charge in [-0.3, -0.25) is 9.69 Å². The van der Waals surface area contributed by atoms with E-state index >= 15 is 0 Å². The van der Waals surface area contributed by atoms with E-state index in [-0.39, 0.29) is 5.91 Å². The predicted octanol–water partition coefficient (Wildman–Crippen LogP) is 2.73. The van der Waals surface area contributed by atoms with E-state index in [0.29, 0.717) is 11.3 Å². The van der Waals surface area contributed by atoms with Crippen molar-refractivity contribution >= 4 is 16.9 Å². The first kappa shape index (κ1) is 15.9. The Balaban J connectivity index is 1.38. The Kier molecular flexibility index (Phi) is 4.05. The number of nitrogens with one attached hydrogen (secondary N) is 1. The third kappa shape index (κ3) is 3.17. The SMILES string of the molecule is Cc1cc(C(=O)N2CCN(Cc3nc4ccccc4[nH]3)CC2)c(C)o1. The molecule has 1 aliphatic rings. The highest BCUT2D eigenvalue weighted by molar-refractivity contribution is 5.95. The number of H-pyrrole nitrogens is 1. The minimum Gasteiger partial charge on any atom is -0.466 e. The van der Waals surface area contributed by atoms with E-state index in [0.717, 1.165) is 55.3 Å². The summed E-state index contributed by atoms with van der Waals surface area (Å²) < 4.78 is 5.49. The van der Waals surface area contributed by atoms with Gasteiger partial charge in [0.15, 0.2) is 0 Å². The molecule has 1 amide bonds. The van der Waals surface area contributed by atoms with Gasteiger partial charge in [-0.2, -0.15) is 0 Å². The van der Waals surface area contributed by atoms with Crippen molar-refractivity contribution in [3.8, 4) is 0 Å². The lowest BCUT2D eigenvalue weighted by Gasteiger charge is -2.34. The number of rotatable bonds is 3. The zero-order chi connectivity index (χ0) is 17.4. The number of hydrogen-bond donors (Lipinski definition) is 1. The van der Waals surface area contributed by atoms with Crippen LogP contribution in [0, 0.1) is 13.8 Å². The number of hydrogen-bond acceptors (Lipinski definition) is 4. The molecular formula is C19H22N4O2.